The summed E-state index contributed by atoms with van der Waals surface area (Å²) >= 11 is 0. The molecule has 1 aliphatic heterocycles. The van der Waals surface area contributed by atoms with Gasteiger partial charge in [-0.05, 0) is 35.8 Å². The van der Waals surface area contributed by atoms with Crippen molar-refractivity contribution in [3.63, 3.8) is 0 Å². The van der Waals surface area contributed by atoms with Crippen molar-refractivity contribution in [3.8, 4) is 5.75 Å². The van der Waals surface area contributed by atoms with Gasteiger partial charge < -0.3 is 23.4 Å². The molecule has 1 heterocycles. The van der Waals surface area contributed by atoms with Crippen molar-refractivity contribution in [1.29, 1.82) is 0 Å². The molecule has 0 bridgehead atoms. The molecule has 0 aliphatic carbocycles. The summed E-state index contributed by atoms with van der Waals surface area (Å²) in [5.41, 5.74) is 1.06. The van der Waals surface area contributed by atoms with E-state index in [9.17, 15) is 0 Å². The summed E-state index contributed by atoms with van der Waals surface area (Å²) in [6, 6.07) is 7.84. The standard InChI is InChI=1S/C21H34O5Si/c1-9-17-18(24-14-15-10-12-16(22-5)13-11-15)19(20(23-6)25-17)26-27(7,8)21(2,3)4/h9-13,17-20H,1,14H2,2-8H3/t17-,18-,19+,20+/m1/s1. The summed E-state index contributed by atoms with van der Waals surface area (Å²) in [6.07, 6.45) is 0.450. The summed E-state index contributed by atoms with van der Waals surface area (Å²) in [7, 11) is 1.27. The molecule has 0 radical (unpaired) electrons. The molecular formula is C21H34O5Si. The second-order valence-electron chi connectivity index (χ2n) is 8.41. The van der Waals surface area contributed by atoms with Crippen LogP contribution < -0.4 is 4.74 Å². The highest BCUT2D eigenvalue weighted by atomic mass is 28.4. The third kappa shape index (κ3) is 5.21. The number of benzene rings is 1. The van der Waals surface area contributed by atoms with Gasteiger partial charge in [-0.15, -0.1) is 6.58 Å². The lowest BCUT2D eigenvalue weighted by Crippen LogP contribution is -2.50. The van der Waals surface area contributed by atoms with Gasteiger partial charge in [-0.1, -0.05) is 39.0 Å². The van der Waals surface area contributed by atoms with E-state index >= 15 is 0 Å². The Balaban J connectivity index is 2.16. The number of hydrogen-bond acceptors (Lipinski definition) is 5. The van der Waals surface area contributed by atoms with Gasteiger partial charge in [0, 0.05) is 7.11 Å². The Morgan fingerprint density at radius 2 is 1.74 bits per heavy atom. The van der Waals surface area contributed by atoms with E-state index in [0.717, 1.165) is 11.3 Å². The highest BCUT2D eigenvalue weighted by Gasteiger charge is 2.50. The highest BCUT2D eigenvalue weighted by molar-refractivity contribution is 6.74. The predicted octanol–water partition coefficient (Wildman–Crippen LogP) is 4.53. The predicted molar refractivity (Wildman–Crippen MR) is 110 cm³/mol. The van der Waals surface area contributed by atoms with Crippen molar-refractivity contribution >= 4 is 8.32 Å². The maximum atomic E-state index is 6.63. The fourth-order valence-corrected chi connectivity index (χ4v) is 4.05. The lowest BCUT2D eigenvalue weighted by molar-refractivity contribution is -0.139. The molecule has 1 fully saturated rings. The van der Waals surface area contributed by atoms with Crippen LogP contribution in [0, 0.1) is 0 Å². The SMILES string of the molecule is C=C[C@H]1O[C@H](OC)[C@@H](O[Si](C)(C)C(C)(C)C)[C@@H]1OCc1ccc(OC)cc1. The van der Waals surface area contributed by atoms with Crippen LogP contribution in [-0.4, -0.2) is 47.1 Å². The third-order valence-electron chi connectivity index (χ3n) is 5.51. The zero-order valence-corrected chi connectivity index (χ0v) is 18.7. The van der Waals surface area contributed by atoms with E-state index in [-0.39, 0.29) is 23.4 Å². The molecule has 2 rings (SSSR count). The van der Waals surface area contributed by atoms with Gasteiger partial charge in [-0.2, -0.15) is 0 Å². The molecule has 0 unspecified atom stereocenters. The molecule has 1 aromatic rings. The van der Waals surface area contributed by atoms with Gasteiger partial charge in [-0.3, -0.25) is 0 Å². The summed E-state index contributed by atoms with van der Waals surface area (Å²) in [5.74, 6) is 0.825. The first-order valence-corrected chi connectivity index (χ1v) is 12.3. The molecule has 0 aromatic heterocycles. The minimum Gasteiger partial charge on any atom is -0.497 e. The molecule has 6 heteroatoms. The Morgan fingerprint density at radius 3 is 2.22 bits per heavy atom. The van der Waals surface area contributed by atoms with Crippen LogP contribution in [-0.2, 0) is 25.2 Å². The second-order valence-corrected chi connectivity index (χ2v) is 13.2. The van der Waals surface area contributed by atoms with Crippen molar-refractivity contribution in [2.75, 3.05) is 14.2 Å². The monoisotopic (exact) mass is 394 g/mol. The van der Waals surface area contributed by atoms with Crippen LogP contribution in [0.3, 0.4) is 0 Å². The Labute approximate surface area is 164 Å². The van der Waals surface area contributed by atoms with E-state index in [1.165, 1.54) is 0 Å². The van der Waals surface area contributed by atoms with Crippen LogP contribution in [0.4, 0.5) is 0 Å². The zero-order chi connectivity index (χ0) is 20.2. The van der Waals surface area contributed by atoms with E-state index in [1.807, 2.05) is 24.3 Å². The van der Waals surface area contributed by atoms with Crippen LogP contribution in [0.15, 0.2) is 36.9 Å². The molecule has 27 heavy (non-hydrogen) atoms. The number of hydrogen-bond donors (Lipinski definition) is 0. The van der Waals surface area contributed by atoms with Gasteiger partial charge in [0.2, 0.25) is 0 Å². The first kappa shape index (κ1) is 22.1. The fraction of sp³-hybridized carbons (Fsp3) is 0.619. The third-order valence-corrected chi connectivity index (χ3v) is 9.98. The Hall–Kier alpha value is -1.18. The van der Waals surface area contributed by atoms with Crippen molar-refractivity contribution in [2.45, 2.75) is 70.1 Å². The molecule has 0 amide bonds. The maximum absolute atomic E-state index is 6.63. The van der Waals surface area contributed by atoms with E-state index < -0.39 is 14.6 Å². The van der Waals surface area contributed by atoms with Crippen LogP contribution in [0.2, 0.25) is 18.1 Å². The van der Waals surface area contributed by atoms with Gasteiger partial charge in [0.15, 0.2) is 14.6 Å². The molecule has 1 aromatic carbocycles. The van der Waals surface area contributed by atoms with Gasteiger partial charge in [0.25, 0.3) is 0 Å². The quantitative estimate of drug-likeness (QED) is 0.479. The van der Waals surface area contributed by atoms with Crippen molar-refractivity contribution in [2.24, 2.45) is 0 Å². The van der Waals surface area contributed by atoms with E-state index in [1.54, 1.807) is 20.3 Å². The zero-order valence-electron chi connectivity index (χ0n) is 17.7. The van der Waals surface area contributed by atoms with E-state index in [0.29, 0.717) is 6.61 Å². The number of rotatable bonds is 8. The normalized spacial score (nSPS) is 26.2. The summed E-state index contributed by atoms with van der Waals surface area (Å²) < 4.78 is 29.6. The lowest BCUT2D eigenvalue weighted by atomic mass is 10.1. The molecule has 5 nitrogen and oxygen atoms in total. The van der Waals surface area contributed by atoms with Crippen LogP contribution in [0.25, 0.3) is 0 Å². The van der Waals surface area contributed by atoms with Gasteiger partial charge in [0.05, 0.1) is 13.7 Å². The summed E-state index contributed by atoms with van der Waals surface area (Å²) in [4.78, 5) is 0. The highest BCUT2D eigenvalue weighted by Crippen LogP contribution is 2.40. The van der Waals surface area contributed by atoms with Crippen molar-refractivity contribution in [1.82, 2.24) is 0 Å². The van der Waals surface area contributed by atoms with E-state index in [4.69, 9.17) is 23.4 Å². The molecular weight excluding hydrogens is 360 g/mol. The van der Waals surface area contributed by atoms with Crippen LogP contribution in [0.1, 0.15) is 26.3 Å². The van der Waals surface area contributed by atoms with E-state index in [2.05, 4.69) is 40.4 Å². The number of methoxy groups -OCH3 is 2. The van der Waals surface area contributed by atoms with Gasteiger partial charge >= 0.3 is 0 Å². The molecule has 1 aliphatic rings. The maximum Gasteiger partial charge on any atom is 0.192 e. The smallest absolute Gasteiger partial charge is 0.192 e. The summed E-state index contributed by atoms with van der Waals surface area (Å²) in [6.45, 7) is 15.5. The minimum absolute atomic E-state index is 0.0814. The molecule has 0 N–H and O–H groups in total. The summed E-state index contributed by atoms with van der Waals surface area (Å²) in [5, 5.41) is 0.0814. The Kier molecular flexibility index (Phi) is 7.27. The van der Waals surface area contributed by atoms with Crippen molar-refractivity contribution in [3.05, 3.63) is 42.5 Å². The average molecular weight is 395 g/mol. The molecule has 1 saturated heterocycles. The van der Waals surface area contributed by atoms with Gasteiger partial charge in [0.1, 0.15) is 24.1 Å². The van der Waals surface area contributed by atoms with Crippen LogP contribution in [0.5, 0.6) is 5.75 Å². The fourth-order valence-electron chi connectivity index (χ4n) is 2.77. The molecule has 4 atom stereocenters. The Bertz CT molecular complexity index is 608. The van der Waals surface area contributed by atoms with Crippen molar-refractivity contribution < 1.29 is 23.4 Å². The molecule has 0 saturated carbocycles. The first-order chi connectivity index (χ1) is 12.6. The first-order valence-electron chi connectivity index (χ1n) is 9.36. The minimum atomic E-state index is -2.02. The lowest BCUT2D eigenvalue weighted by Gasteiger charge is -2.40. The largest absolute Gasteiger partial charge is 0.497 e. The second kappa shape index (κ2) is 8.88. The number of ether oxygens (including phenoxy) is 4. The Morgan fingerprint density at radius 1 is 1.11 bits per heavy atom. The topological polar surface area (TPSA) is 46.2 Å². The molecule has 0 spiro atoms. The van der Waals surface area contributed by atoms with Crippen LogP contribution >= 0.6 is 0 Å². The van der Waals surface area contributed by atoms with Gasteiger partial charge in [-0.25, -0.2) is 0 Å². The molecule has 152 valence electrons. The average Bonchev–Trinajstić information content (AvgIpc) is 2.95.